The van der Waals surface area contributed by atoms with Gasteiger partial charge >= 0.3 is 11.9 Å². The van der Waals surface area contributed by atoms with Crippen LogP contribution in [0.15, 0.2) is 36.4 Å². The van der Waals surface area contributed by atoms with E-state index in [2.05, 4.69) is 0 Å². The quantitative estimate of drug-likeness (QED) is 0.893. The number of fused-ring (bicyclic) bond motifs is 1. The minimum atomic E-state index is -1.23. The molecule has 0 saturated heterocycles. The van der Waals surface area contributed by atoms with Crippen molar-refractivity contribution in [3.8, 4) is 0 Å². The monoisotopic (exact) mass is 296 g/mol. The summed E-state index contributed by atoms with van der Waals surface area (Å²) in [6.07, 6.45) is 0. The molecule has 0 bridgehead atoms. The summed E-state index contributed by atoms with van der Waals surface area (Å²) in [5.74, 6) is -2.46. The third-order valence-electron chi connectivity index (χ3n) is 2.37. The van der Waals surface area contributed by atoms with E-state index in [0.717, 1.165) is 0 Å². The lowest BCUT2D eigenvalue weighted by atomic mass is 9.99. The van der Waals surface area contributed by atoms with E-state index in [9.17, 15) is 9.59 Å². The van der Waals surface area contributed by atoms with Crippen molar-refractivity contribution in [1.29, 1.82) is 0 Å². The summed E-state index contributed by atoms with van der Waals surface area (Å²) in [6, 6.07) is 9.72. The molecule has 0 spiro atoms. The molecule has 88 valence electrons. The van der Waals surface area contributed by atoms with Crippen LogP contribution in [-0.2, 0) is 0 Å². The van der Waals surface area contributed by atoms with Gasteiger partial charge in [-0.05, 0) is 16.8 Å². The summed E-state index contributed by atoms with van der Waals surface area (Å²) >= 11 is 0. The first-order valence-electron chi connectivity index (χ1n) is 4.59. The number of carbonyl (C=O) groups is 2. The number of halogens is 1. The van der Waals surface area contributed by atoms with E-state index in [1.807, 2.05) is 0 Å². The molecule has 0 atom stereocenters. The van der Waals surface area contributed by atoms with E-state index in [0.29, 0.717) is 10.8 Å². The smallest absolute Gasteiger partial charge is 0.337 e. The lowest BCUT2D eigenvalue weighted by molar-refractivity contribution is 0.0653. The number of carboxylic acids is 2. The van der Waals surface area contributed by atoms with Crippen LogP contribution in [0.1, 0.15) is 20.7 Å². The molecule has 2 rings (SSSR count). The molecule has 0 fully saturated rings. The highest BCUT2D eigenvalue weighted by Crippen LogP contribution is 2.22. The van der Waals surface area contributed by atoms with Crippen LogP contribution in [0.4, 0.5) is 0 Å². The first-order chi connectivity index (χ1) is 7.61. The normalized spacial score (nSPS) is 9.65. The second-order valence-corrected chi connectivity index (χ2v) is 3.32. The third kappa shape index (κ3) is 2.29. The zero-order chi connectivity index (χ0) is 11.7. The van der Waals surface area contributed by atoms with Crippen LogP contribution < -0.4 is 0 Å². The zero-order valence-electron chi connectivity index (χ0n) is 8.58. The summed E-state index contributed by atoms with van der Waals surface area (Å²) in [4.78, 5) is 22.0. The third-order valence-corrected chi connectivity index (χ3v) is 2.37. The number of carboxylic acid groups (broad SMARTS) is 2. The maximum atomic E-state index is 11.1. The van der Waals surface area contributed by atoms with Crippen molar-refractivity contribution in [3.63, 3.8) is 0 Å². The Morgan fingerprint density at radius 1 is 0.882 bits per heavy atom. The van der Waals surface area contributed by atoms with Crippen molar-refractivity contribution in [3.05, 3.63) is 47.5 Å². The Labute approximate surface area is 107 Å². The Kier molecular flexibility index (Phi) is 3.85. The van der Waals surface area contributed by atoms with Gasteiger partial charge in [0.25, 0.3) is 0 Å². The average Bonchev–Trinajstić information content (AvgIpc) is 2.27. The van der Waals surface area contributed by atoms with Gasteiger partial charge < -0.3 is 10.2 Å². The molecule has 0 aliphatic carbocycles. The predicted octanol–water partition coefficient (Wildman–Crippen LogP) is 2.81. The SMILES string of the molecule is Br.O=C(O)c1ccc2ccccc2c1C(=O)O. The van der Waals surface area contributed by atoms with Crippen molar-refractivity contribution in [2.24, 2.45) is 0 Å². The summed E-state index contributed by atoms with van der Waals surface area (Å²) < 4.78 is 0. The van der Waals surface area contributed by atoms with Crippen LogP contribution in [0.2, 0.25) is 0 Å². The highest BCUT2D eigenvalue weighted by Gasteiger charge is 2.18. The first-order valence-corrected chi connectivity index (χ1v) is 4.59. The molecule has 0 heterocycles. The van der Waals surface area contributed by atoms with Gasteiger partial charge in [0.15, 0.2) is 0 Å². The van der Waals surface area contributed by atoms with E-state index in [-0.39, 0.29) is 28.1 Å². The molecule has 0 saturated carbocycles. The van der Waals surface area contributed by atoms with E-state index in [1.54, 1.807) is 30.3 Å². The van der Waals surface area contributed by atoms with Crippen molar-refractivity contribution in [2.75, 3.05) is 0 Å². The molecule has 5 heteroatoms. The topological polar surface area (TPSA) is 74.6 Å². The maximum Gasteiger partial charge on any atom is 0.337 e. The maximum absolute atomic E-state index is 11.1. The fourth-order valence-corrected chi connectivity index (χ4v) is 1.68. The van der Waals surface area contributed by atoms with Gasteiger partial charge in [-0.15, -0.1) is 17.0 Å². The van der Waals surface area contributed by atoms with Gasteiger partial charge in [-0.3, -0.25) is 0 Å². The largest absolute Gasteiger partial charge is 0.478 e. The number of aromatic carboxylic acids is 2. The van der Waals surface area contributed by atoms with Crippen molar-refractivity contribution >= 4 is 39.7 Å². The summed E-state index contributed by atoms with van der Waals surface area (Å²) in [5, 5.41) is 19.1. The van der Waals surface area contributed by atoms with Crippen molar-refractivity contribution in [2.45, 2.75) is 0 Å². The molecule has 4 nitrogen and oxygen atoms in total. The summed E-state index contributed by atoms with van der Waals surface area (Å²) in [7, 11) is 0. The predicted molar refractivity (Wildman–Crippen MR) is 68.2 cm³/mol. The standard InChI is InChI=1S/C12H8O4.BrH/c13-11(14)9-6-5-7-3-1-2-4-8(7)10(9)12(15)16;/h1-6H,(H,13,14)(H,15,16);1H. The Bertz CT molecular complexity index is 592. The zero-order valence-corrected chi connectivity index (χ0v) is 10.3. The molecule has 0 radical (unpaired) electrons. The van der Waals surface area contributed by atoms with Crippen LogP contribution in [-0.4, -0.2) is 22.2 Å². The van der Waals surface area contributed by atoms with Crippen LogP contribution >= 0.6 is 17.0 Å². The fourth-order valence-electron chi connectivity index (χ4n) is 1.68. The van der Waals surface area contributed by atoms with Crippen molar-refractivity contribution < 1.29 is 19.8 Å². The van der Waals surface area contributed by atoms with Gasteiger partial charge in [0, 0.05) is 0 Å². The number of hydrogen-bond acceptors (Lipinski definition) is 2. The highest BCUT2D eigenvalue weighted by molar-refractivity contribution is 8.93. The second-order valence-electron chi connectivity index (χ2n) is 3.32. The Balaban J connectivity index is 0.00000144. The van der Waals surface area contributed by atoms with E-state index in [4.69, 9.17) is 10.2 Å². The molecule has 0 unspecified atom stereocenters. The Morgan fingerprint density at radius 2 is 1.53 bits per heavy atom. The fraction of sp³-hybridized carbons (Fsp3) is 0. The van der Waals surface area contributed by atoms with Gasteiger partial charge in [-0.25, -0.2) is 9.59 Å². The minimum absolute atomic E-state index is 0. The van der Waals surface area contributed by atoms with Crippen LogP contribution in [0.5, 0.6) is 0 Å². The van der Waals surface area contributed by atoms with Crippen LogP contribution in [0, 0.1) is 0 Å². The molecule has 0 aliphatic rings. The van der Waals surface area contributed by atoms with Gasteiger partial charge in [-0.2, -0.15) is 0 Å². The average molecular weight is 297 g/mol. The Morgan fingerprint density at radius 3 is 2.12 bits per heavy atom. The summed E-state index contributed by atoms with van der Waals surface area (Å²) in [5.41, 5.74) is -0.350. The molecule has 2 N–H and O–H groups in total. The molecule has 17 heavy (non-hydrogen) atoms. The van der Waals surface area contributed by atoms with Gasteiger partial charge in [0.2, 0.25) is 0 Å². The first kappa shape index (κ1) is 13.2. The molecule has 2 aromatic rings. The minimum Gasteiger partial charge on any atom is -0.478 e. The second kappa shape index (κ2) is 4.97. The highest BCUT2D eigenvalue weighted by atomic mass is 79.9. The molecule has 0 aromatic heterocycles. The Hall–Kier alpha value is -1.88. The van der Waals surface area contributed by atoms with E-state index < -0.39 is 11.9 Å². The lowest BCUT2D eigenvalue weighted by Crippen LogP contribution is -2.08. The van der Waals surface area contributed by atoms with E-state index >= 15 is 0 Å². The number of benzene rings is 2. The summed E-state index contributed by atoms with van der Waals surface area (Å²) in [6.45, 7) is 0. The van der Waals surface area contributed by atoms with Crippen LogP contribution in [0.25, 0.3) is 10.8 Å². The van der Waals surface area contributed by atoms with Crippen molar-refractivity contribution in [1.82, 2.24) is 0 Å². The molecule has 0 aliphatic heterocycles. The van der Waals surface area contributed by atoms with E-state index in [1.165, 1.54) is 6.07 Å². The van der Waals surface area contributed by atoms with Gasteiger partial charge in [0.1, 0.15) is 0 Å². The molecule has 0 amide bonds. The van der Waals surface area contributed by atoms with Crippen LogP contribution in [0.3, 0.4) is 0 Å². The van der Waals surface area contributed by atoms with Gasteiger partial charge in [-0.1, -0.05) is 30.3 Å². The molecule has 2 aromatic carbocycles. The molecular weight excluding hydrogens is 288 g/mol. The van der Waals surface area contributed by atoms with Gasteiger partial charge in [0.05, 0.1) is 11.1 Å². The molecular formula is C12H9BrO4. The lowest BCUT2D eigenvalue weighted by Gasteiger charge is -2.05. The number of hydrogen-bond donors (Lipinski definition) is 2. The number of rotatable bonds is 2.